The zero-order chi connectivity index (χ0) is 26.4. The molecule has 3 unspecified atom stereocenters. The molecule has 0 N–H and O–H groups in total. The highest BCUT2D eigenvalue weighted by Gasteiger charge is 2.70. The van der Waals surface area contributed by atoms with Gasteiger partial charge in [-0.3, -0.25) is 4.90 Å². The number of hydrogen-bond acceptors (Lipinski definition) is 6. The fourth-order valence-electron chi connectivity index (χ4n) is 8.91. The molecule has 206 valence electrons. The zero-order valence-electron chi connectivity index (χ0n) is 23.3. The van der Waals surface area contributed by atoms with Crippen LogP contribution in [0.15, 0.2) is 42.5 Å². The van der Waals surface area contributed by atoms with Crippen molar-refractivity contribution < 1.29 is 18.9 Å². The molecule has 6 atom stereocenters. The Morgan fingerprint density at radius 2 is 2.00 bits per heavy atom. The van der Waals surface area contributed by atoms with Crippen LogP contribution in [0.3, 0.4) is 0 Å². The summed E-state index contributed by atoms with van der Waals surface area (Å²) in [5.41, 5.74) is 2.76. The Bertz CT molecular complexity index is 1380. The molecule has 2 aromatic carbocycles. The van der Waals surface area contributed by atoms with E-state index in [9.17, 15) is 0 Å². The quantitative estimate of drug-likeness (QED) is 0.337. The van der Waals surface area contributed by atoms with E-state index < -0.39 is 0 Å². The second kappa shape index (κ2) is 8.94. The second-order valence-electron chi connectivity index (χ2n) is 13.0. The van der Waals surface area contributed by atoms with Crippen LogP contribution in [-0.4, -0.2) is 57.1 Å². The van der Waals surface area contributed by atoms with Gasteiger partial charge in [0.1, 0.15) is 12.2 Å². The van der Waals surface area contributed by atoms with Crippen molar-refractivity contribution >= 4 is 21.4 Å². The van der Waals surface area contributed by atoms with Gasteiger partial charge in [0.25, 0.3) is 0 Å². The van der Waals surface area contributed by atoms with Crippen molar-refractivity contribution in [3.8, 4) is 11.5 Å². The van der Waals surface area contributed by atoms with Gasteiger partial charge in [0.05, 0.1) is 20.3 Å². The molecule has 0 radical (unpaired) electrons. The molecule has 1 spiro atoms. The first-order valence-corrected chi connectivity index (χ1v) is 15.5. The summed E-state index contributed by atoms with van der Waals surface area (Å²) in [6.45, 7) is 6.11. The largest absolute Gasteiger partial charge is 0.493 e. The summed E-state index contributed by atoms with van der Waals surface area (Å²) >= 11 is 1.84. The smallest absolute Gasteiger partial charge is 0.165 e. The van der Waals surface area contributed by atoms with Gasteiger partial charge in [-0.25, -0.2) is 0 Å². The van der Waals surface area contributed by atoms with Gasteiger partial charge >= 0.3 is 0 Å². The minimum absolute atomic E-state index is 0.00611. The number of methoxy groups -OCH3 is 2. The highest BCUT2D eigenvalue weighted by atomic mass is 32.1. The third-order valence-corrected chi connectivity index (χ3v) is 11.8. The molecule has 3 heterocycles. The van der Waals surface area contributed by atoms with Gasteiger partial charge in [-0.05, 0) is 79.6 Å². The van der Waals surface area contributed by atoms with E-state index in [1.54, 1.807) is 7.11 Å². The van der Waals surface area contributed by atoms with Crippen molar-refractivity contribution in [1.82, 2.24) is 4.90 Å². The molecule has 5 aliphatic rings. The number of hydrogen-bond donors (Lipinski definition) is 0. The number of ether oxygens (including phenoxy) is 4. The first-order valence-electron chi connectivity index (χ1n) is 14.7. The van der Waals surface area contributed by atoms with E-state index in [4.69, 9.17) is 18.9 Å². The van der Waals surface area contributed by atoms with Gasteiger partial charge in [0, 0.05) is 45.7 Å². The average Bonchev–Trinajstić information content (AvgIpc) is 3.55. The Morgan fingerprint density at radius 1 is 1.13 bits per heavy atom. The molecule has 6 heteroatoms. The molecular formula is C33H39NO4S. The number of fused-ring (bicyclic) bond motifs is 1. The maximum absolute atomic E-state index is 7.01. The van der Waals surface area contributed by atoms with Crippen molar-refractivity contribution in [2.24, 2.45) is 17.3 Å². The summed E-state index contributed by atoms with van der Waals surface area (Å²) in [6, 6.07) is 15.9. The molecule has 39 heavy (non-hydrogen) atoms. The monoisotopic (exact) mass is 545 g/mol. The minimum Gasteiger partial charge on any atom is -0.493 e. The third kappa shape index (κ3) is 3.61. The molecule has 5 nitrogen and oxygen atoms in total. The maximum atomic E-state index is 7.01. The van der Waals surface area contributed by atoms with E-state index in [1.807, 2.05) is 18.4 Å². The van der Waals surface area contributed by atoms with Crippen LogP contribution in [0.2, 0.25) is 0 Å². The number of benzene rings is 2. The average molecular weight is 546 g/mol. The number of thiophene rings is 1. The highest BCUT2D eigenvalue weighted by molar-refractivity contribution is 7.19. The molecule has 3 aromatic rings. The molecule has 0 amide bonds. The second-order valence-corrected chi connectivity index (χ2v) is 14.2. The molecule has 3 aliphatic carbocycles. The van der Waals surface area contributed by atoms with Gasteiger partial charge in [0.2, 0.25) is 0 Å². The van der Waals surface area contributed by atoms with Crippen molar-refractivity contribution in [2.75, 3.05) is 33.9 Å². The molecule has 2 bridgehead atoms. The van der Waals surface area contributed by atoms with Gasteiger partial charge in [0.15, 0.2) is 11.5 Å². The lowest BCUT2D eigenvalue weighted by molar-refractivity contribution is -0.189. The lowest BCUT2D eigenvalue weighted by Crippen LogP contribution is -2.71. The SMILES string of the molecule is COc1ccc2c3c1O[C@H]1C(OC)[C@@](C)(COCc4cc5ccccc5s4)CC4C(C2)N(CC2CC2)CC[C@@]341. The zero-order valence-corrected chi connectivity index (χ0v) is 24.1. The van der Waals surface area contributed by atoms with Crippen LogP contribution in [0, 0.1) is 17.3 Å². The summed E-state index contributed by atoms with van der Waals surface area (Å²) in [5, 5.41) is 1.30. The van der Waals surface area contributed by atoms with Crippen LogP contribution in [-0.2, 0) is 27.9 Å². The van der Waals surface area contributed by atoms with Crippen LogP contribution in [0.1, 0.15) is 48.6 Å². The van der Waals surface area contributed by atoms with E-state index in [-0.39, 0.29) is 23.0 Å². The first kappa shape index (κ1) is 24.7. The predicted molar refractivity (Wildman–Crippen MR) is 154 cm³/mol. The van der Waals surface area contributed by atoms with Gasteiger partial charge in [-0.15, -0.1) is 11.3 Å². The highest BCUT2D eigenvalue weighted by Crippen LogP contribution is 2.67. The number of piperidine rings is 1. The van der Waals surface area contributed by atoms with Crippen molar-refractivity contribution in [2.45, 2.75) is 69.3 Å². The lowest BCUT2D eigenvalue weighted by atomic mass is 9.47. The fraction of sp³-hybridized carbons (Fsp3) is 0.576. The third-order valence-electron chi connectivity index (χ3n) is 10.7. The van der Waals surface area contributed by atoms with Crippen LogP contribution in [0.5, 0.6) is 11.5 Å². The summed E-state index contributed by atoms with van der Waals surface area (Å²) in [5.74, 6) is 3.28. The fourth-order valence-corrected chi connectivity index (χ4v) is 9.91. The van der Waals surface area contributed by atoms with Crippen LogP contribution >= 0.6 is 11.3 Å². The summed E-state index contributed by atoms with van der Waals surface area (Å²) in [4.78, 5) is 4.13. The van der Waals surface area contributed by atoms with E-state index >= 15 is 0 Å². The molecule has 8 rings (SSSR count). The minimum atomic E-state index is -0.141. The Labute approximate surface area is 235 Å². The Kier molecular flexibility index (Phi) is 5.65. The van der Waals surface area contributed by atoms with Crippen LogP contribution in [0.25, 0.3) is 10.1 Å². The van der Waals surface area contributed by atoms with E-state index in [0.29, 0.717) is 25.2 Å². The predicted octanol–water partition coefficient (Wildman–Crippen LogP) is 6.21. The van der Waals surface area contributed by atoms with Crippen LogP contribution in [0.4, 0.5) is 0 Å². The Morgan fingerprint density at radius 3 is 2.79 bits per heavy atom. The van der Waals surface area contributed by atoms with Gasteiger partial charge < -0.3 is 18.9 Å². The Balaban J connectivity index is 1.14. The van der Waals surface area contributed by atoms with E-state index in [2.05, 4.69) is 54.3 Å². The molecular weight excluding hydrogens is 506 g/mol. The topological polar surface area (TPSA) is 40.2 Å². The van der Waals surface area contributed by atoms with E-state index in [0.717, 1.165) is 43.2 Å². The summed E-state index contributed by atoms with van der Waals surface area (Å²) in [6.07, 6.45) is 6.08. The summed E-state index contributed by atoms with van der Waals surface area (Å²) < 4.78 is 27.2. The van der Waals surface area contributed by atoms with Gasteiger partial charge in [-0.2, -0.15) is 0 Å². The lowest BCUT2D eigenvalue weighted by Gasteiger charge is -2.63. The van der Waals surface area contributed by atoms with Crippen molar-refractivity contribution in [3.05, 3.63) is 58.5 Å². The van der Waals surface area contributed by atoms with Gasteiger partial charge in [-0.1, -0.05) is 31.2 Å². The number of rotatable bonds is 8. The molecule has 2 aliphatic heterocycles. The summed E-state index contributed by atoms with van der Waals surface area (Å²) in [7, 11) is 3.64. The Hall–Kier alpha value is -2.12. The maximum Gasteiger partial charge on any atom is 0.165 e. The number of nitrogens with zero attached hydrogens (tertiary/aromatic N) is 1. The van der Waals surface area contributed by atoms with Crippen molar-refractivity contribution in [1.29, 1.82) is 0 Å². The normalized spacial score (nSPS) is 34.6. The van der Waals surface area contributed by atoms with Crippen LogP contribution < -0.4 is 9.47 Å². The molecule has 2 saturated carbocycles. The molecule has 3 fully saturated rings. The molecule has 1 saturated heterocycles. The first-order chi connectivity index (χ1) is 19.0. The van der Waals surface area contributed by atoms with Crippen molar-refractivity contribution in [3.63, 3.8) is 0 Å². The number of likely N-dealkylation sites (tertiary alicyclic amines) is 1. The standard InChI is InChI=1S/C33H39NO4S/c1-32(19-37-18-23-14-21-6-4-5-7-27(21)39-23)16-24-25-15-22-10-11-26(35-2)29-28(22)33(24,31(38-29)30(32)36-3)12-13-34(25)17-20-8-9-20/h4-7,10-11,14,20,24-25,30-31H,8-9,12-13,15-19H2,1-3H3/t24?,25?,30?,31-,32+,33-/m0/s1. The van der Waals surface area contributed by atoms with E-state index in [1.165, 1.54) is 45.5 Å². The molecule has 1 aromatic heterocycles.